The van der Waals surface area contributed by atoms with Gasteiger partial charge >= 0.3 is 0 Å². The van der Waals surface area contributed by atoms with Crippen LogP contribution < -0.4 is 0 Å². The second-order valence-electron chi connectivity index (χ2n) is 18.1. The van der Waals surface area contributed by atoms with E-state index in [2.05, 4.69) is 169 Å². The van der Waals surface area contributed by atoms with Crippen LogP contribution >= 0.6 is 0 Å². The van der Waals surface area contributed by atoms with Gasteiger partial charge in [-0.2, -0.15) is 0 Å². The second-order valence-corrected chi connectivity index (χ2v) is 18.1. The molecule has 0 saturated carbocycles. The third-order valence-electron chi connectivity index (χ3n) is 14.1. The van der Waals surface area contributed by atoms with E-state index >= 15 is 0 Å². The molecule has 0 bridgehead atoms. The molecule has 5 heterocycles. The van der Waals surface area contributed by atoms with Gasteiger partial charge in [0.25, 0.3) is 0 Å². The molecule has 0 saturated heterocycles. The lowest BCUT2D eigenvalue weighted by molar-refractivity contribution is 0.666. The van der Waals surface area contributed by atoms with Gasteiger partial charge < -0.3 is 17.8 Å². The lowest BCUT2D eigenvalue weighted by Crippen LogP contribution is -2.11. The summed E-state index contributed by atoms with van der Waals surface area (Å²) in [4.78, 5) is 11.3. The molecule has 4 aromatic heterocycles. The number of fused-ring (bicyclic) bond motifs is 14. The quantitative estimate of drug-likeness (QED) is 0.177. The Bertz CT molecular complexity index is 4510. The third kappa shape index (κ3) is 5.46. The number of aromatic nitrogens is 1. The zero-order valence-electron chi connectivity index (χ0n) is 36.7. The SMILES string of the molecule is CC1=C(c2ccc3oc4ccccc4c3c2)N=C(c2ccc3oc4ccccc4c3c2)N=C(c2ccc3c(oc4ccccc43)c2-n2c3cc4ccccc4cc3c3cc4ccccc4cc32)C1. The lowest BCUT2D eigenvalue weighted by atomic mass is 9.96. The number of amidine groups is 1. The van der Waals surface area contributed by atoms with E-state index in [1.54, 1.807) is 0 Å². The summed E-state index contributed by atoms with van der Waals surface area (Å²) in [7, 11) is 0. The molecule has 14 aromatic rings. The molecule has 0 fully saturated rings. The minimum absolute atomic E-state index is 0.533. The number of hydrogen-bond acceptors (Lipinski definition) is 5. The van der Waals surface area contributed by atoms with Gasteiger partial charge in [0.15, 0.2) is 11.4 Å². The Morgan fingerprint density at radius 3 is 1.49 bits per heavy atom. The maximum atomic E-state index is 7.08. The molecular formula is C62H37N3O3. The molecule has 1 aliphatic rings. The van der Waals surface area contributed by atoms with Crippen LogP contribution in [0.25, 0.3) is 121 Å². The lowest BCUT2D eigenvalue weighted by Gasteiger charge is -2.17. The van der Waals surface area contributed by atoms with Gasteiger partial charge in [-0.25, -0.2) is 9.98 Å². The van der Waals surface area contributed by atoms with Crippen molar-refractivity contribution >= 4 is 126 Å². The van der Waals surface area contributed by atoms with E-state index in [0.717, 1.165) is 116 Å². The minimum atomic E-state index is 0.533. The molecular weight excluding hydrogens is 835 g/mol. The highest BCUT2D eigenvalue weighted by molar-refractivity contribution is 6.23. The molecule has 318 valence electrons. The summed E-state index contributed by atoms with van der Waals surface area (Å²) < 4.78 is 22.1. The molecule has 1 aliphatic heterocycles. The number of nitrogens with zero attached hydrogens (tertiary/aromatic N) is 3. The Kier molecular flexibility index (Phi) is 7.67. The molecule has 68 heavy (non-hydrogen) atoms. The summed E-state index contributed by atoms with van der Waals surface area (Å²) in [5.74, 6) is 0.617. The molecule has 0 N–H and O–H groups in total. The van der Waals surface area contributed by atoms with Gasteiger partial charge in [0, 0.05) is 66.2 Å². The average Bonchev–Trinajstić information content (AvgIpc) is 4.11. The van der Waals surface area contributed by atoms with E-state index in [0.29, 0.717) is 12.3 Å². The third-order valence-corrected chi connectivity index (χ3v) is 14.1. The number of rotatable bonds is 4. The number of furan rings is 3. The molecule has 0 atom stereocenters. The van der Waals surface area contributed by atoms with Gasteiger partial charge in [0.1, 0.15) is 27.9 Å². The summed E-state index contributed by atoms with van der Waals surface area (Å²) in [6.07, 6.45) is 0.533. The first-order valence-electron chi connectivity index (χ1n) is 23.1. The normalized spacial score (nSPS) is 13.7. The summed E-state index contributed by atoms with van der Waals surface area (Å²) >= 11 is 0. The van der Waals surface area contributed by atoms with Crippen LogP contribution in [0.4, 0.5) is 0 Å². The number of para-hydroxylation sites is 3. The van der Waals surface area contributed by atoms with Gasteiger partial charge in [-0.05, 0) is 119 Å². The highest BCUT2D eigenvalue weighted by atomic mass is 16.3. The number of aliphatic imine (C=N–C) groups is 2. The van der Waals surface area contributed by atoms with Crippen LogP contribution in [0.2, 0.25) is 0 Å². The van der Waals surface area contributed by atoms with Gasteiger partial charge in [-0.3, -0.25) is 0 Å². The highest BCUT2D eigenvalue weighted by Crippen LogP contribution is 2.44. The number of hydrogen-bond donors (Lipinski definition) is 0. The molecule has 15 rings (SSSR count). The first kappa shape index (κ1) is 37.2. The van der Waals surface area contributed by atoms with Crippen LogP contribution in [0.15, 0.2) is 223 Å². The molecule has 0 unspecified atom stereocenters. The van der Waals surface area contributed by atoms with Crippen LogP contribution in [0.3, 0.4) is 0 Å². The van der Waals surface area contributed by atoms with Crippen molar-refractivity contribution in [2.45, 2.75) is 13.3 Å². The van der Waals surface area contributed by atoms with Crippen molar-refractivity contribution < 1.29 is 13.3 Å². The predicted molar refractivity (Wildman–Crippen MR) is 281 cm³/mol. The summed E-state index contributed by atoms with van der Waals surface area (Å²) in [5.41, 5.74) is 13.9. The Labute approximate surface area is 388 Å². The maximum absolute atomic E-state index is 7.08. The van der Waals surface area contributed by atoms with Crippen molar-refractivity contribution in [2.75, 3.05) is 0 Å². The van der Waals surface area contributed by atoms with Crippen LogP contribution in [-0.4, -0.2) is 16.1 Å². The predicted octanol–water partition coefficient (Wildman–Crippen LogP) is 16.9. The molecule has 0 aliphatic carbocycles. The Morgan fingerprint density at radius 1 is 0.397 bits per heavy atom. The minimum Gasteiger partial charge on any atom is -0.456 e. The smallest absolute Gasteiger partial charge is 0.160 e. The second kappa shape index (κ2) is 14.0. The number of allylic oxidation sites excluding steroid dienone is 1. The Balaban J connectivity index is 1.04. The summed E-state index contributed by atoms with van der Waals surface area (Å²) in [6, 6.07) is 68.6. The topological polar surface area (TPSA) is 69.1 Å². The Hall–Kier alpha value is -9.00. The zero-order valence-corrected chi connectivity index (χ0v) is 36.7. The highest BCUT2D eigenvalue weighted by Gasteiger charge is 2.27. The van der Waals surface area contributed by atoms with E-state index in [9.17, 15) is 0 Å². The van der Waals surface area contributed by atoms with Crippen molar-refractivity contribution in [1.82, 2.24) is 4.57 Å². The molecule has 0 radical (unpaired) electrons. The van der Waals surface area contributed by atoms with E-state index < -0.39 is 0 Å². The van der Waals surface area contributed by atoms with Crippen LogP contribution in [0, 0.1) is 0 Å². The molecule has 6 heteroatoms. The fraction of sp³-hybridized carbons (Fsp3) is 0.0323. The van der Waals surface area contributed by atoms with Crippen molar-refractivity contribution in [2.24, 2.45) is 9.98 Å². The first-order valence-corrected chi connectivity index (χ1v) is 23.1. The van der Waals surface area contributed by atoms with Crippen molar-refractivity contribution in [3.63, 3.8) is 0 Å². The van der Waals surface area contributed by atoms with Crippen LogP contribution in [-0.2, 0) is 0 Å². The fourth-order valence-corrected chi connectivity index (χ4v) is 10.9. The molecule has 0 spiro atoms. The van der Waals surface area contributed by atoms with Crippen molar-refractivity contribution in [3.05, 3.63) is 216 Å². The largest absolute Gasteiger partial charge is 0.456 e. The van der Waals surface area contributed by atoms with Gasteiger partial charge in [-0.15, -0.1) is 0 Å². The Morgan fingerprint density at radius 2 is 0.882 bits per heavy atom. The van der Waals surface area contributed by atoms with E-state index in [1.807, 2.05) is 36.4 Å². The fourth-order valence-electron chi connectivity index (χ4n) is 10.9. The van der Waals surface area contributed by atoms with Crippen molar-refractivity contribution in [1.29, 1.82) is 0 Å². The summed E-state index contributed by atoms with van der Waals surface area (Å²) in [5, 5.41) is 13.4. The van der Waals surface area contributed by atoms with E-state index in [1.165, 1.54) is 32.3 Å². The van der Waals surface area contributed by atoms with Crippen LogP contribution in [0.5, 0.6) is 0 Å². The van der Waals surface area contributed by atoms with Gasteiger partial charge in [0.2, 0.25) is 0 Å². The van der Waals surface area contributed by atoms with Gasteiger partial charge in [0.05, 0.1) is 28.1 Å². The van der Waals surface area contributed by atoms with E-state index in [-0.39, 0.29) is 0 Å². The monoisotopic (exact) mass is 871 g/mol. The average molecular weight is 872 g/mol. The summed E-state index contributed by atoms with van der Waals surface area (Å²) in [6.45, 7) is 2.19. The van der Waals surface area contributed by atoms with Crippen molar-refractivity contribution in [3.8, 4) is 5.69 Å². The maximum Gasteiger partial charge on any atom is 0.160 e. The van der Waals surface area contributed by atoms with E-state index in [4.69, 9.17) is 23.2 Å². The standard InChI is InChI=1S/C62H37N3O3/c1-35-28-51(63-62(41-23-27-58-50(32-41)44-18-8-10-20-55(44)67-58)64-59(35)40-22-26-57-49(31-40)43-17-7-9-19-54(43)66-57)46-25-24-45-42-16-6-11-21-56(42)68-61(45)60(46)65-52-33-38-14-4-2-12-36(38)29-47(52)48-30-37-13-3-5-15-39(37)34-53(48)65/h2-27,29-34H,28H2,1H3. The number of benzene rings is 10. The molecule has 0 amide bonds. The van der Waals surface area contributed by atoms with Gasteiger partial charge in [-0.1, -0.05) is 109 Å². The molecule has 6 nitrogen and oxygen atoms in total. The van der Waals surface area contributed by atoms with Crippen LogP contribution in [0.1, 0.15) is 30.0 Å². The first-order chi connectivity index (χ1) is 33.6. The molecule has 10 aromatic carbocycles. The zero-order chi connectivity index (χ0) is 44.6.